The lowest BCUT2D eigenvalue weighted by molar-refractivity contribution is 0.0946. The van der Waals surface area contributed by atoms with Crippen LogP contribution in [0.1, 0.15) is 26.5 Å². The van der Waals surface area contributed by atoms with Gasteiger partial charge in [0, 0.05) is 16.8 Å². The molecule has 0 unspecified atom stereocenters. The minimum atomic E-state index is -0.410. The zero-order valence-electron chi connectivity index (χ0n) is 13.2. The van der Waals surface area contributed by atoms with Crippen LogP contribution in [0, 0.1) is 5.82 Å². The molecule has 1 heterocycles. The number of nitrogens with one attached hydrogen (secondary N) is 2. The highest BCUT2D eigenvalue weighted by Gasteiger charge is 2.10. The molecule has 2 amide bonds. The van der Waals surface area contributed by atoms with E-state index in [9.17, 15) is 14.0 Å². The van der Waals surface area contributed by atoms with Gasteiger partial charge in [-0.3, -0.25) is 9.59 Å². The van der Waals surface area contributed by atoms with Crippen molar-refractivity contribution in [2.75, 3.05) is 5.32 Å². The lowest BCUT2D eigenvalue weighted by atomic mass is 10.1. The number of benzene rings is 2. The van der Waals surface area contributed by atoms with E-state index in [1.807, 2.05) is 0 Å². The summed E-state index contributed by atoms with van der Waals surface area (Å²) < 4.78 is 18.1. The zero-order chi connectivity index (χ0) is 17.6. The summed E-state index contributed by atoms with van der Waals surface area (Å²) in [4.78, 5) is 24.3. The number of carbonyl (C=O) groups excluding carboxylic acids is 2. The fraction of sp³-hybridized carbons (Fsp3) is 0.0526. The molecule has 0 radical (unpaired) electrons. The van der Waals surface area contributed by atoms with Crippen molar-refractivity contribution in [3.8, 4) is 0 Å². The molecule has 0 saturated heterocycles. The van der Waals surface area contributed by atoms with E-state index in [-0.39, 0.29) is 18.4 Å². The van der Waals surface area contributed by atoms with E-state index in [1.54, 1.807) is 36.4 Å². The lowest BCUT2D eigenvalue weighted by Crippen LogP contribution is -2.22. The Labute approximate surface area is 143 Å². The van der Waals surface area contributed by atoms with Gasteiger partial charge in [-0.05, 0) is 54.6 Å². The number of halogens is 1. The average molecular weight is 338 g/mol. The topological polar surface area (TPSA) is 71.3 Å². The molecule has 0 aliphatic heterocycles. The van der Waals surface area contributed by atoms with Gasteiger partial charge in [0.05, 0.1) is 12.8 Å². The van der Waals surface area contributed by atoms with Crippen LogP contribution in [0.15, 0.2) is 71.3 Å². The first-order valence-electron chi connectivity index (χ1n) is 7.59. The van der Waals surface area contributed by atoms with Gasteiger partial charge in [0.2, 0.25) is 0 Å². The van der Waals surface area contributed by atoms with Crippen molar-refractivity contribution in [2.45, 2.75) is 6.54 Å². The zero-order valence-corrected chi connectivity index (χ0v) is 13.2. The molecule has 2 aromatic carbocycles. The standard InChI is InChI=1S/C19H15FN2O3/c20-15-8-6-13(7-9-15)19(24)22-16-4-1-3-14(11-16)18(23)21-12-17-5-2-10-25-17/h1-11H,12H2,(H,21,23)(H,22,24). The summed E-state index contributed by atoms with van der Waals surface area (Å²) in [7, 11) is 0. The van der Waals surface area contributed by atoms with E-state index < -0.39 is 5.82 Å². The van der Waals surface area contributed by atoms with Gasteiger partial charge in [-0.25, -0.2) is 4.39 Å². The van der Waals surface area contributed by atoms with Crippen molar-refractivity contribution in [3.05, 3.63) is 89.6 Å². The minimum absolute atomic E-state index is 0.276. The number of furan rings is 1. The third kappa shape index (κ3) is 4.32. The second-order valence-electron chi connectivity index (χ2n) is 5.30. The van der Waals surface area contributed by atoms with Crippen molar-refractivity contribution in [1.82, 2.24) is 5.32 Å². The molecule has 0 saturated carbocycles. The minimum Gasteiger partial charge on any atom is -0.467 e. The van der Waals surface area contributed by atoms with Crippen LogP contribution in [0.5, 0.6) is 0 Å². The summed E-state index contributed by atoms with van der Waals surface area (Å²) in [6.45, 7) is 0.276. The van der Waals surface area contributed by atoms with E-state index in [0.717, 1.165) is 0 Å². The van der Waals surface area contributed by atoms with Crippen LogP contribution < -0.4 is 10.6 Å². The van der Waals surface area contributed by atoms with Gasteiger partial charge in [-0.15, -0.1) is 0 Å². The maximum atomic E-state index is 12.9. The van der Waals surface area contributed by atoms with Crippen molar-refractivity contribution in [2.24, 2.45) is 0 Å². The number of anilines is 1. The molecule has 0 spiro atoms. The molecule has 2 N–H and O–H groups in total. The van der Waals surface area contributed by atoms with Crippen LogP contribution in [0.4, 0.5) is 10.1 Å². The summed E-state index contributed by atoms with van der Waals surface area (Å²) in [5, 5.41) is 5.42. The van der Waals surface area contributed by atoms with E-state index in [2.05, 4.69) is 10.6 Å². The van der Waals surface area contributed by atoms with Gasteiger partial charge in [-0.2, -0.15) is 0 Å². The van der Waals surface area contributed by atoms with Crippen molar-refractivity contribution in [1.29, 1.82) is 0 Å². The molecule has 0 aliphatic rings. The van der Waals surface area contributed by atoms with Crippen LogP contribution in [-0.2, 0) is 6.54 Å². The first-order chi connectivity index (χ1) is 12.1. The van der Waals surface area contributed by atoms with Gasteiger partial charge in [-0.1, -0.05) is 6.07 Å². The molecule has 25 heavy (non-hydrogen) atoms. The van der Waals surface area contributed by atoms with E-state index in [4.69, 9.17) is 4.42 Å². The monoisotopic (exact) mass is 338 g/mol. The van der Waals surface area contributed by atoms with E-state index in [1.165, 1.54) is 30.5 Å². The number of hydrogen-bond donors (Lipinski definition) is 2. The number of hydrogen-bond acceptors (Lipinski definition) is 3. The maximum Gasteiger partial charge on any atom is 0.255 e. The molecule has 3 rings (SSSR count). The number of amides is 2. The molecule has 5 nitrogen and oxygen atoms in total. The van der Waals surface area contributed by atoms with Gasteiger partial charge in [0.1, 0.15) is 11.6 Å². The quantitative estimate of drug-likeness (QED) is 0.747. The van der Waals surface area contributed by atoms with Gasteiger partial charge >= 0.3 is 0 Å². The predicted octanol–water partition coefficient (Wildman–Crippen LogP) is 3.60. The van der Waals surface area contributed by atoms with Gasteiger partial charge in [0.15, 0.2) is 0 Å². The van der Waals surface area contributed by atoms with Crippen molar-refractivity contribution >= 4 is 17.5 Å². The molecule has 0 atom stereocenters. The number of carbonyl (C=O) groups is 2. The van der Waals surface area contributed by atoms with Gasteiger partial charge in [0.25, 0.3) is 11.8 Å². The molecule has 3 aromatic rings. The molecule has 0 aliphatic carbocycles. The molecular weight excluding hydrogens is 323 g/mol. The fourth-order valence-electron chi connectivity index (χ4n) is 2.23. The summed E-state index contributed by atoms with van der Waals surface area (Å²) >= 11 is 0. The largest absolute Gasteiger partial charge is 0.467 e. The van der Waals surface area contributed by atoms with E-state index in [0.29, 0.717) is 22.6 Å². The maximum absolute atomic E-state index is 12.9. The molecule has 0 bridgehead atoms. The Morgan fingerprint density at radius 3 is 2.44 bits per heavy atom. The summed E-state index contributed by atoms with van der Waals surface area (Å²) in [5.41, 5.74) is 1.21. The smallest absolute Gasteiger partial charge is 0.255 e. The Bertz CT molecular complexity index is 874. The lowest BCUT2D eigenvalue weighted by Gasteiger charge is -2.08. The molecule has 1 aromatic heterocycles. The normalized spacial score (nSPS) is 10.3. The van der Waals surface area contributed by atoms with Crippen LogP contribution >= 0.6 is 0 Å². The Morgan fingerprint density at radius 1 is 0.920 bits per heavy atom. The summed E-state index contributed by atoms with van der Waals surface area (Å²) in [6.07, 6.45) is 1.53. The summed E-state index contributed by atoms with van der Waals surface area (Å²) in [6, 6.07) is 15.3. The van der Waals surface area contributed by atoms with Crippen molar-refractivity contribution < 1.29 is 18.4 Å². The summed E-state index contributed by atoms with van der Waals surface area (Å²) in [5.74, 6) is -0.427. The first-order valence-corrected chi connectivity index (χ1v) is 7.59. The Kier molecular flexibility index (Phi) is 4.89. The van der Waals surface area contributed by atoms with Gasteiger partial charge < -0.3 is 15.1 Å². The fourth-order valence-corrected chi connectivity index (χ4v) is 2.23. The second kappa shape index (κ2) is 7.44. The highest BCUT2D eigenvalue weighted by molar-refractivity contribution is 6.05. The number of rotatable bonds is 5. The molecule has 0 fully saturated rings. The van der Waals surface area contributed by atoms with Crippen molar-refractivity contribution in [3.63, 3.8) is 0 Å². The van der Waals surface area contributed by atoms with E-state index >= 15 is 0 Å². The third-order valence-corrected chi connectivity index (χ3v) is 3.49. The van der Waals surface area contributed by atoms with Crippen LogP contribution in [0.2, 0.25) is 0 Å². The first kappa shape index (κ1) is 16.4. The van der Waals surface area contributed by atoms with Crippen LogP contribution in [0.3, 0.4) is 0 Å². The molecule has 6 heteroatoms. The molecular formula is C19H15FN2O3. The third-order valence-electron chi connectivity index (χ3n) is 3.49. The average Bonchev–Trinajstić information content (AvgIpc) is 3.14. The Hall–Kier alpha value is -3.41. The Morgan fingerprint density at radius 2 is 1.72 bits per heavy atom. The second-order valence-corrected chi connectivity index (χ2v) is 5.30. The SMILES string of the molecule is O=C(NCc1ccco1)c1cccc(NC(=O)c2ccc(F)cc2)c1. The predicted molar refractivity (Wildman–Crippen MR) is 90.7 cm³/mol. The molecule has 126 valence electrons. The highest BCUT2D eigenvalue weighted by Crippen LogP contribution is 2.13. The van der Waals surface area contributed by atoms with Crippen LogP contribution in [-0.4, -0.2) is 11.8 Å². The Balaban J connectivity index is 1.65. The van der Waals surface area contributed by atoms with Crippen LogP contribution in [0.25, 0.3) is 0 Å². The highest BCUT2D eigenvalue weighted by atomic mass is 19.1.